The summed E-state index contributed by atoms with van der Waals surface area (Å²) in [6, 6.07) is 0. The summed E-state index contributed by atoms with van der Waals surface area (Å²) in [7, 11) is 0. The van der Waals surface area contributed by atoms with Crippen molar-refractivity contribution in [2.45, 2.75) is 38.3 Å². The van der Waals surface area contributed by atoms with Crippen LogP contribution in [0, 0.1) is 5.41 Å². The average Bonchev–Trinajstić information content (AvgIpc) is 3.22. The molecular formula is C17H23N5O. The molecule has 0 aromatic carbocycles. The Labute approximate surface area is 136 Å². The van der Waals surface area contributed by atoms with Gasteiger partial charge in [-0.2, -0.15) is 0 Å². The minimum atomic E-state index is 0.295. The number of nitrogens with one attached hydrogen (secondary N) is 1. The highest BCUT2D eigenvalue weighted by molar-refractivity contribution is 5.01. The highest BCUT2D eigenvalue weighted by atomic mass is 16.5. The summed E-state index contributed by atoms with van der Waals surface area (Å²) in [6.07, 6.45) is 13.8. The van der Waals surface area contributed by atoms with Crippen LogP contribution in [0.5, 0.6) is 0 Å². The van der Waals surface area contributed by atoms with Crippen LogP contribution in [0.3, 0.4) is 0 Å². The molecule has 2 aromatic rings. The predicted octanol–water partition coefficient (Wildman–Crippen LogP) is 1.81. The first-order chi connectivity index (χ1) is 11.3. The zero-order chi connectivity index (χ0) is 15.5. The highest BCUT2D eigenvalue weighted by Crippen LogP contribution is 2.42. The molecule has 1 spiro atoms. The van der Waals surface area contributed by atoms with Gasteiger partial charge in [0.1, 0.15) is 5.82 Å². The highest BCUT2D eigenvalue weighted by Gasteiger charge is 2.42. The van der Waals surface area contributed by atoms with Crippen LogP contribution in [0.25, 0.3) is 0 Å². The van der Waals surface area contributed by atoms with E-state index in [0.717, 1.165) is 50.6 Å². The van der Waals surface area contributed by atoms with Gasteiger partial charge in [0, 0.05) is 37.4 Å². The Morgan fingerprint density at radius 3 is 2.87 bits per heavy atom. The van der Waals surface area contributed by atoms with E-state index in [4.69, 9.17) is 4.74 Å². The summed E-state index contributed by atoms with van der Waals surface area (Å²) in [4.78, 5) is 18.5. The van der Waals surface area contributed by atoms with Crippen molar-refractivity contribution in [2.24, 2.45) is 5.41 Å². The third-order valence-electron chi connectivity index (χ3n) is 5.18. The van der Waals surface area contributed by atoms with E-state index in [-0.39, 0.29) is 0 Å². The molecule has 0 saturated carbocycles. The van der Waals surface area contributed by atoms with Gasteiger partial charge in [0.05, 0.1) is 24.9 Å². The number of hydrogen-bond acceptors (Lipinski definition) is 5. The first-order valence-corrected chi connectivity index (χ1v) is 8.38. The standard InChI is InChI=1S/C17H23N5O/c1-7-22(12-16-20-5-6-21-16)8-2-17(1)10-15(23-13-17)9-14-11-18-3-4-19-14/h3-6,11,15H,1-2,7-10,12-13H2,(H,20,21). The van der Waals surface area contributed by atoms with Crippen molar-refractivity contribution in [3.05, 3.63) is 42.5 Å². The second kappa shape index (κ2) is 6.37. The van der Waals surface area contributed by atoms with Crippen LogP contribution in [0.2, 0.25) is 0 Å². The van der Waals surface area contributed by atoms with E-state index in [1.54, 1.807) is 12.4 Å². The molecular weight excluding hydrogens is 290 g/mol. The minimum Gasteiger partial charge on any atom is -0.377 e. The topological polar surface area (TPSA) is 66.9 Å². The van der Waals surface area contributed by atoms with Gasteiger partial charge in [-0.3, -0.25) is 14.9 Å². The molecule has 1 unspecified atom stereocenters. The van der Waals surface area contributed by atoms with Crippen molar-refractivity contribution in [1.82, 2.24) is 24.8 Å². The number of aromatic amines is 1. The molecule has 2 aliphatic rings. The lowest BCUT2D eigenvalue weighted by atomic mass is 9.76. The first kappa shape index (κ1) is 14.8. The van der Waals surface area contributed by atoms with Gasteiger partial charge in [-0.15, -0.1) is 0 Å². The van der Waals surface area contributed by atoms with Crippen molar-refractivity contribution < 1.29 is 4.74 Å². The molecule has 4 rings (SSSR count). The van der Waals surface area contributed by atoms with Crippen molar-refractivity contribution in [2.75, 3.05) is 19.7 Å². The third kappa shape index (κ3) is 3.43. The van der Waals surface area contributed by atoms with Gasteiger partial charge < -0.3 is 9.72 Å². The number of ether oxygens (including phenoxy) is 1. The van der Waals surface area contributed by atoms with E-state index in [2.05, 4.69) is 24.8 Å². The number of piperidine rings is 1. The molecule has 0 aliphatic carbocycles. The Balaban J connectivity index is 1.29. The molecule has 2 fully saturated rings. The second-order valence-corrected chi connectivity index (χ2v) is 6.85. The summed E-state index contributed by atoms with van der Waals surface area (Å²) in [5, 5.41) is 0. The Morgan fingerprint density at radius 1 is 1.22 bits per heavy atom. The van der Waals surface area contributed by atoms with Crippen molar-refractivity contribution in [1.29, 1.82) is 0 Å². The summed E-state index contributed by atoms with van der Waals surface area (Å²) in [6.45, 7) is 4.07. The zero-order valence-electron chi connectivity index (χ0n) is 13.3. The molecule has 0 bridgehead atoms. The number of likely N-dealkylation sites (tertiary alicyclic amines) is 1. The fourth-order valence-corrected chi connectivity index (χ4v) is 3.83. The molecule has 122 valence electrons. The van der Waals surface area contributed by atoms with E-state index < -0.39 is 0 Å². The molecule has 2 aromatic heterocycles. The van der Waals surface area contributed by atoms with Crippen LogP contribution in [0.4, 0.5) is 0 Å². The lowest BCUT2D eigenvalue weighted by molar-refractivity contribution is 0.0623. The van der Waals surface area contributed by atoms with Gasteiger partial charge in [0.15, 0.2) is 0 Å². The first-order valence-electron chi connectivity index (χ1n) is 8.38. The third-order valence-corrected chi connectivity index (χ3v) is 5.18. The number of hydrogen-bond donors (Lipinski definition) is 1. The lowest BCUT2D eigenvalue weighted by Crippen LogP contribution is -2.40. The zero-order valence-corrected chi connectivity index (χ0v) is 13.3. The maximum Gasteiger partial charge on any atom is 0.120 e. The van der Waals surface area contributed by atoms with E-state index in [9.17, 15) is 0 Å². The fraction of sp³-hybridized carbons (Fsp3) is 0.588. The van der Waals surface area contributed by atoms with Gasteiger partial charge in [0.25, 0.3) is 0 Å². The van der Waals surface area contributed by atoms with Gasteiger partial charge in [-0.1, -0.05) is 0 Å². The minimum absolute atomic E-state index is 0.295. The van der Waals surface area contributed by atoms with E-state index >= 15 is 0 Å². The number of aromatic nitrogens is 4. The van der Waals surface area contributed by atoms with Crippen LogP contribution in [-0.4, -0.2) is 50.6 Å². The van der Waals surface area contributed by atoms with Crippen molar-refractivity contribution in [3.8, 4) is 0 Å². The number of H-pyrrole nitrogens is 1. The SMILES string of the molecule is c1cnc(CC2CC3(CCN(Cc4ncc[nH]4)CC3)CO2)cn1. The lowest BCUT2D eigenvalue weighted by Gasteiger charge is -2.38. The largest absolute Gasteiger partial charge is 0.377 e. The number of nitrogens with zero attached hydrogens (tertiary/aromatic N) is 4. The predicted molar refractivity (Wildman–Crippen MR) is 85.6 cm³/mol. The summed E-state index contributed by atoms with van der Waals surface area (Å²) >= 11 is 0. The van der Waals surface area contributed by atoms with Crippen LogP contribution in [0.15, 0.2) is 31.0 Å². The second-order valence-electron chi connectivity index (χ2n) is 6.85. The quantitative estimate of drug-likeness (QED) is 0.932. The molecule has 1 N–H and O–H groups in total. The fourth-order valence-electron chi connectivity index (χ4n) is 3.83. The normalized spacial score (nSPS) is 24.3. The summed E-state index contributed by atoms with van der Waals surface area (Å²) in [5.74, 6) is 1.06. The van der Waals surface area contributed by atoms with Gasteiger partial charge in [0.2, 0.25) is 0 Å². The molecule has 6 heteroatoms. The molecule has 2 saturated heterocycles. The Bertz CT molecular complexity index is 607. The summed E-state index contributed by atoms with van der Waals surface area (Å²) < 4.78 is 6.09. The Kier molecular flexibility index (Phi) is 4.10. The van der Waals surface area contributed by atoms with Crippen LogP contribution < -0.4 is 0 Å². The summed E-state index contributed by atoms with van der Waals surface area (Å²) in [5.41, 5.74) is 1.40. The smallest absolute Gasteiger partial charge is 0.120 e. The van der Waals surface area contributed by atoms with Crippen LogP contribution >= 0.6 is 0 Å². The van der Waals surface area contributed by atoms with Gasteiger partial charge in [-0.25, -0.2) is 4.98 Å². The number of rotatable bonds is 4. The number of imidazole rings is 1. The molecule has 6 nitrogen and oxygen atoms in total. The average molecular weight is 313 g/mol. The molecule has 2 aliphatic heterocycles. The van der Waals surface area contributed by atoms with E-state index in [1.165, 1.54) is 12.8 Å². The Morgan fingerprint density at radius 2 is 2.13 bits per heavy atom. The van der Waals surface area contributed by atoms with E-state index in [1.807, 2.05) is 18.6 Å². The monoisotopic (exact) mass is 313 g/mol. The van der Waals surface area contributed by atoms with E-state index in [0.29, 0.717) is 11.5 Å². The van der Waals surface area contributed by atoms with Gasteiger partial charge >= 0.3 is 0 Å². The van der Waals surface area contributed by atoms with Crippen molar-refractivity contribution in [3.63, 3.8) is 0 Å². The molecule has 0 amide bonds. The molecule has 4 heterocycles. The van der Waals surface area contributed by atoms with Gasteiger partial charge in [-0.05, 0) is 37.8 Å². The molecule has 23 heavy (non-hydrogen) atoms. The van der Waals surface area contributed by atoms with Crippen LogP contribution in [-0.2, 0) is 17.7 Å². The van der Waals surface area contributed by atoms with Crippen LogP contribution in [0.1, 0.15) is 30.8 Å². The maximum absolute atomic E-state index is 6.09. The maximum atomic E-state index is 6.09. The van der Waals surface area contributed by atoms with Crippen molar-refractivity contribution >= 4 is 0 Å². The molecule has 0 radical (unpaired) electrons. The molecule has 1 atom stereocenters. The Hall–Kier alpha value is -1.79.